The predicted molar refractivity (Wildman–Crippen MR) is 90.7 cm³/mol. The first-order chi connectivity index (χ1) is 10.5. The minimum atomic E-state index is 0.0438. The maximum Gasteiger partial charge on any atom is 0.127 e. The van der Waals surface area contributed by atoms with E-state index in [4.69, 9.17) is 0 Å². The number of hydrogen-bond acceptors (Lipinski definition) is 3. The lowest BCUT2D eigenvalue weighted by Crippen LogP contribution is -1.83. The lowest BCUT2D eigenvalue weighted by atomic mass is 10.1. The van der Waals surface area contributed by atoms with Crippen molar-refractivity contribution in [1.29, 1.82) is 0 Å². The summed E-state index contributed by atoms with van der Waals surface area (Å²) < 4.78 is 0. The van der Waals surface area contributed by atoms with E-state index in [1.165, 1.54) is 0 Å². The summed E-state index contributed by atoms with van der Waals surface area (Å²) in [6.45, 7) is 4.05. The fourth-order valence-corrected chi connectivity index (χ4v) is 1.98. The maximum absolute atomic E-state index is 10.0. The SMILES string of the molecule is CC(C)/C=C/c1c(O)cc(/C=C/c2ccc(O)cc2)cc1O. The average Bonchev–Trinajstić information content (AvgIpc) is 2.45. The fraction of sp³-hybridized carbons (Fsp3) is 0.158. The van der Waals surface area contributed by atoms with Crippen molar-refractivity contribution in [3.8, 4) is 17.2 Å². The van der Waals surface area contributed by atoms with Crippen LogP contribution in [0, 0.1) is 5.92 Å². The Labute approximate surface area is 130 Å². The molecule has 0 aromatic heterocycles. The molecular weight excluding hydrogens is 276 g/mol. The van der Waals surface area contributed by atoms with Gasteiger partial charge in [-0.2, -0.15) is 0 Å². The standard InChI is InChI=1S/C19H20O3/c1-13(2)3-10-17-18(21)11-15(12-19(17)22)5-4-14-6-8-16(20)9-7-14/h3-13,20-22H,1-2H3/b5-4+,10-3+. The van der Waals surface area contributed by atoms with E-state index in [0.29, 0.717) is 17.0 Å². The van der Waals surface area contributed by atoms with E-state index in [9.17, 15) is 15.3 Å². The van der Waals surface area contributed by atoms with Crippen molar-refractivity contribution in [2.45, 2.75) is 13.8 Å². The highest BCUT2D eigenvalue weighted by Gasteiger charge is 2.06. The molecule has 2 aromatic rings. The molecule has 0 spiro atoms. The molecule has 114 valence electrons. The van der Waals surface area contributed by atoms with Crippen LogP contribution in [0.25, 0.3) is 18.2 Å². The molecule has 0 aliphatic heterocycles. The molecule has 0 atom stereocenters. The van der Waals surface area contributed by atoms with Gasteiger partial charge in [0, 0.05) is 0 Å². The van der Waals surface area contributed by atoms with Crippen molar-refractivity contribution in [3.05, 3.63) is 59.2 Å². The van der Waals surface area contributed by atoms with Gasteiger partial charge in [0.15, 0.2) is 0 Å². The Hall–Kier alpha value is -2.68. The molecule has 0 aliphatic carbocycles. The first kappa shape index (κ1) is 15.7. The van der Waals surface area contributed by atoms with Gasteiger partial charge in [-0.25, -0.2) is 0 Å². The van der Waals surface area contributed by atoms with E-state index < -0.39 is 0 Å². The summed E-state index contributed by atoms with van der Waals surface area (Å²) in [7, 11) is 0. The monoisotopic (exact) mass is 296 g/mol. The molecule has 0 fully saturated rings. The highest BCUT2D eigenvalue weighted by Crippen LogP contribution is 2.31. The van der Waals surface area contributed by atoms with Crippen LogP contribution in [0.1, 0.15) is 30.5 Å². The molecule has 2 rings (SSSR count). The van der Waals surface area contributed by atoms with Crippen LogP contribution in [0.15, 0.2) is 42.5 Å². The van der Waals surface area contributed by atoms with E-state index in [-0.39, 0.29) is 17.2 Å². The number of allylic oxidation sites excluding steroid dienone is 1. The third-order valence-electron chi connectivity index (χ3n) is 3.17. The third kappa shape index (κ3) is 4.16. The number of hydrogen-bond donors (Lipinski definition) is 3. The summed E-state index contributed by atoms with van der Waals surface area (Å²) in [4.78, 5) is 0. The quantitative estimate of drug-likeness (QED) is 0.720. The Morgan fingerprint density at radius 1 is 0.773 bits per heavy atom. The molecule has 0 heterocycles. The minimum Gasteiger partial charge on any atom is -0.508 e. The Morgan fingerprint density at radius 2 is 1.32 bits per heavy atom. The lowest BCUT2D eigenvalue weighted by Gasteiger charge is -2.05. The van der Waals surface area contributed by atoms with E-state index in [1.54, 1.807) is 48.6 Å². The van der Waals surface area contributed by atoms with Crippen LogP contribution in [-0.4, -0.2) is 15.3 Å². The molecule has 0 aliphatic rings. The van der Waals surface area contributed by atoms with E-state index in [1.807, 2.05) is 26.0 Å². The van der Waals surface area contributed by atoms with Gasteiger partial charge in [0.1, 0.15) is 17.2 Å². The molecule has 22 heavy (non-hydrogen) atoms. The molecule has 2 aromatic carbocycles. The molecular formula is C19H20O3. The average molecular weight is 296 g/mol. The second-order valence-corrected chi connectivity index (χ2v) is 5.50. The van der Waals surface area contributed by atoms with Gasteiger partial charge in [0.2, 0.25) is 0 Å². The van der Waals surface area contributed by atoms with Gasteiger partial charge in [-0.15, -0.1) is 0 Å². The zero-order chi connectivity index (χ0) is 16.1. The number of aromatic hydroxyl groups is 3. The fourth-order valence-electron chi connectivity index (χ4n) is 1.98. The van der Waals surface area contributed by atoms with Crippen molar-refractivity contribution in [2.24, 2.45) is 5.92 Å². The molecule has 0 saturated carbocycles. The third-order valence-corrected chi connectivity index (χ3v) is 3.17. The number of phenols is 3. The summed E-state index contributed by atoms with van der Waals surface area (Å²) in [6.07, 6.45) is 7.28. The van der Waals surface area contributed by atoms with Crippen molar-refractivity contribution >= 4 is 18.2 Å². The highest BCUT2D eigenvalue weighted by molar-refractivity contribution is 5.74. The molecule has 3 nitrogen and oxygen atoms in total. The van der Waals surface area contributed by atoms with Gasteiger partial charge in [0.25, 0.3) is 0 Å². The summed E-state index contributed by atoms with van der Waals surface area (Å²) in [5.41, 5.74) is 2.04. The van der Waals surface area contributed by atoms with Gasteiger partial charge < -0.3 is 15.3 Å². The van der Waals surface area contributed by atoms with Crippen LogP contribution in [0.4, 0.5) is 0 Å². The first-order valence-electron chi connectivity index (χ1n) is 7.17. The van der Waals surface area contributed by atoms with E-state index in [2.05, 4.69) is 0 Å². The Balaban J connectivity index is 2.24. The van der Waals surface area contributed by atoms with Crippen LogP contribution in [0.3, 0.4) is 0 Å². The summed E-state index contributed by atoms with van der Waals surface area (Å²) in [6, 6.07) is 9.99. The number of benzene rings is 2. The van der Waals surface area contributed by atoms with Gasteiger partial charge >= 0.3 is 0 Å². The summed E-state index contributed by atoms with van der Waals surface area (Å²) in [5.74, 6) is 0.645. The summed E-state index contributed by atoms with van der Waals surface area (Å²) in [5, 5.41) is 29.3. The Morgan fingerprint density at radius 3 is 1.86 bits per heavy atom. The predicted octanol–water partition coefficient (Wildman–Crippen LogP) is 4.64. The molecule has 0 bridgehead atoms. The normalized spacial score (nSPS) is 11.8. The topological polar surface area (TPSA) is 60.7 Å². The van der Waals surface area contributed by atoms with Crippen LogP contribution in [0.5, 0.6) is 17.2 Å². The van der Waals surface area contributed by atoms with Crippen molar-refractivity contribution < 1.29 is 15.3 Å². The van der Waals surface area contributed by atoms with Gasteiger partial charge in [0.05, 0.1) is 5.56 Å². The van der Waals surface area contributed by atoms with Gasteiger partial charge in [-0.05, 0) is 41.3 Å². The second kappa shape index (κ2) is 6.85. The maximum atomic E-state index is 10.0. The lowest BCUT2D eigenvalue weighted by molar-refractivity contribution is 0.448. The van der Waals surface area contributed by atoms with Gasteiger partial charge in [-0.1, -0.05) is 50.3 Å². The zero-order valence-corrected chi connectivity index (χ0v) is 12.7. The van der Waals surface area contributed by atoms with Crippen molar-refractivity contribution in [1.82, 2.24) is 0 Å². The van der Waals surface area contributed by atoms with Crippen molar-refractivity contribution in [2.75, 3.05) is 0 Å². The molecule has 0 radical (unpaired) electrons. The Kier molecular flexibility index (Phi) is 4.89. The van der Waals surface area contributed by atoms with E-state index in [0.717, 1.165) is 5.56 Å². The highest BCUT2D eigenvalue weighted by atomic mass is 16.3. The molecule has 3 N–H and O–H groups in total. The van der Waals surface area contributed by atoms with Crippen LogP contribution in [0.2, 0.25) is 0 Å². The molecule has 0 amide bonds. The second-order valence-electron chi connectivity index (χ2n) is 5.50. The first-order valence-corrected chi connectivity index (χ1v) is 7.17. The van der Waals surface area contributed by atoms with Gasteiger partial charge in [-0.3, -0.25) is 0 Å². The molecule has 0 saturated heterocycles. The number of phenolic OH excluding ortho intramolecular Hbond substituents is 3. The number of rotatable bonds is 4. The zero-order valence-electron chi connectivity index (χ0n) is 12.7. The largest absolute Gasteiger partial charge is 0.508 e. The van der Waals surface area contributed by atoms with Crippen molar-refractivity contribution in [3.63, 3.8) is 0 Å². The van der Waals surface area contributed by atoms with Crippen LogP contribution < -0.4 is 0 Å². The summed E-state index contributed by atoms with van der Waals surface area (Å²) >= 11 is 0. The van der Waals surface area contributed by atoms with E-state index >= 15 is 0 Å². The van der Waals surface area contributed by atoms with Crippen LogP contribution in [-0.2, 0) is 0 Å². The Bertz CT molecular complexity index is 672. The molecule has 0 unspecified atom stereocenters. The molecule has 3 heteroatoms. The van der Waals surface area contributed by atoms with Crippen LogP contribution >= 0.6 is 0 Å². The minimum absolute atomic E-state index is 0.0438. The smallest absolute Gasteiger partial charge is 0.127 e.